The Morgan fingerprint density at radius 1 is 1.16 bits per heavy atom. The molecule has 3 N–H and O–H groups in total. The summed E-state index contributed by atoms with van der Waals surface area (Å²) in [7, 11) is 4.15. The van der Waals surface area contributed by atoms with E-state index in [1.807, 2.05) is 0 Å². The fourth-order valence-electron chi connectivity index (χ4n) is 2.87. The topological polar surface area (TPSA) is 58.4 Å². The molecule has 4 heteroatoms. The summed E-state index contributed by atoms with van der Waals surface area (Å²) in [5.74, 6) is 0.196. The van der Waals surface area contributed by atoms with Gasteiger partial charge in [0.05, 0.1) is 5.41 Å². The number of nitrogens with two attached hydrogens (primary N) is 1. The lowest BCUT2D eigenvalue weighted by molar-refractivity contribution is -0.131. The van der Waals surface area contributed by atoms with Gasteiger partial charge in [-0.05, 0) is 46.3 Å². The molecule has 19 heavy (non-hydrogen) atoms. The fraction of sp³-hybridized carbons (Fsp3) is 0.933. The Morgan fingerprint density at radius 3 is 2.32 bits per heavy atom. The minimum atomic E-state index is -0.280. The van der Waals surface area contributed by atoms with E-state index in [1.165, 1.54) is 12.8 Å². The number of hydrogen-bond donors (Lipinski definition) is 2. The molecule has 1 fully saturated rings. The average molecular weight is 269 g/mol. The van der Waals surface area contributed by atoms with Gasteiger partial charge in [-0.1, -0.05) is 25.7 Å². The van der Waals surface area contributed by atoms with Gasteiger partial charge in [0.2, 0.25) is 5.91 Å². The van der Waals surface area contributed by atoms with E-state index in [0.29, 0.717) is 6.54 Å². The van der Waals surface area contributed by atoms with Crippen molar-refractivity contribution >= 4 is 5.91 Å². The van der Waals surface area contributed by atoms with Crippen molar-refractivity contribution in [3.8, 4) is 0 Å². The third-order valence-electron chi connectivity index (χ3n) is 4.25. The van der Waals surface area contributed by atoms with Crippen LogP contribution in [0.4, 0.5) is 0 Å². The summed E-state index contributed by atoms with van der Waals surface area (Å²) in [5, 5.41) is 3.11. The van der Waals surface area contributed by atoms with Crippen LogP contribution in [0, 0.1) is 5.41 Å². The highest BCUT2D eigenvalue weighted by Gasteiger charge is 2.36. The lowest BCUT2D eigenvalue weighted by Gasteiger charge is -2.29. The van der Waals surface area contributed by atoms with E-state index in [2.05, 4.69) is 24.3 Å². The molecule has 1 aliphatic rings. The third kappa shape index (κ3) is 5.49. The second-order valence-electron chi connectivity index (χ2n) is 6.16. The minimum absolute atomic E-state index is 0.196. The summed E-state index contributed by atoms with van der Waals surface area (Å²) in [4.78, 5) is 14.6. The van der Waals surface area contributed by atoms with Gasteiger partial charge in [0.15, 0.2) is 0 Å². The predicted octanol–water partition coefficient (Wildman–Crippen LogP) is 1.74. The number of nitrogens with zero attached hydrogens (tertiary/aromatic N) is 1. The first-order chi connectivity index (χ1) is 9.10. The van der Waals surface area contributed by atoms with Crippen molar-refractivity contribution in [1.29, 1.82) is 0 Å². The number of rotatable bonds is 7. The van der Waals surface area contributed by atoms with Gasteiger partial charge in [0, 0.05) is 13.1 Å². The molecule has 0 aromatic carbocycles. The smallest absolute Gasteiger partial charge is 0.227 e. The molecule has 4 nitrogen and oxygen atoms in total. The zero-order valence-electron chi connectivity index (χ0n) is 12.7. The molecule has 0 unspecified atom stereocenters. The molecule has 1 amide bonds. The number of hydrogen-bond acceptors (Lipinski definition) is 3. The molecule has 0 aromatic rings. The van der Waals surface area contributed by atoms with Crippen LogP contribution in [0.3, 0.4) is 0 Å². The van der Waals surface area contributed by atoms with Crippen molar-refractivity contribution in [1.82, 2.24) is 10.2 Å². The molecule has 0 aliphatic heterocycles. The van der Waals surface area contributed by atoms with Crippen LogP contribution >= 0.6 is 0 Å². The Balaban J connectivity index is 2.32. The molecule has 0 aromatic heterocycles. The highest BCUT2D eigenvalue weighted by Crippen LogP contribution is 2.34. The summed E-state index contributed by atoms with van der Waals surface area (Å²) in [6.07, 6.45) is 8.89. The molecular formula is C15H31N3O. The monoisotopic (exact) mass is 269 g/mol. The summed E-state index contributed by atoms with van der Waals surface area (Å²) in [5.41, 5.74) is 5.63. The first-order valence-electron chi connectivity index (χ1n) is 7.74. The first kappa shape index (κ1) is 16.4. The summed E-state index contributed by atoms with van der Waals surface area (Å²) in [6, 6.07) is 0. The Bertz CT molecular complexity index is 258. The Kier molecular flexibility index (Phi) is 7.39. The van der Waals surface area contributed by atoms with E-state index in [0.717, 1.165) is 51.6 Å². The zero-order valence-corrected chi connectivity index (χ0v) is 12.7. The van der Waals surface area contributed by atoms with Crippen LogP contribution in [0.2, 0.25) is 0 Å². The Hall–Kier alpha value is -0.610. The van der Waals surface area contributed by atoms with Crippen LogP contribution in [0.5, 0.6) is 0 Å². The van der Waals surface area contributed by atoms with Gasteiger partial charge < -0.3 is 16.0 Å². The van der Waals surface area contributed by atoms with Crippen LogP contribution < -0.4 is 11.1 Å². The molecule has 1 saturated carbocycles. The molecule has 0 bridgehead atoms. The lowest BCUT2D eigenvalue weighted by Crippen LogP contribution is -2.46. The minimum Gasteiger partial charge on any atom is -0.356 e. The second kappa shape index (κ2) is 8.54. The van der Waals surface area contributed by atoms with Crippen LogP contribution in [-0.4, -0.2) is 44.5 Å². The van der Waals surface area contributed by atoms with Gasteiger partial charge in [0.1, 0.15) is 0 Å². The molecular weight excluding hydrogens is 238 g/mol. The number of carbonyl (C=O) groups excluding carboxylic acids is 1. The van der Waals surface area contributed by atoms with Crippen molar-refractivity contribution < 1.29 is 4.79 Å². The number of carbonyl (C=O) groups is 1. The quantitative estimate of drug-likeness (QED) is 0.547. The van der Waals surface area contributed by atoms with Crippen molar-refractivity contribution in [3.05, 3.63) is 0 Å². The van der Waals surface area contributed by atoms with Crippen molar-refractivity contribution in [3.63, 3.8) is 0 Å². The molecule has 0 radical (unpaired) electrons. The van der Waals surface area contributed by atoms with Crippen LogP contribution in [-0.2, 0) is 4.79 Å². The number of unbranched alkanes of at least 4 members (excludes halogenated alkanes) is 1. The fourth-order valence-corrected chi connectivity index (χ4v) is 2.87. The molecule has 0 saturated heterocycles. The van der Waals surface area contributed by atoms with Gasteiger partial charge >= 0.3 is 0 Å². The van der Waals surface area contributed by atoms with Gasteiger partial charge in [-0.25, -0.2) is 0 Å². The Morgan fingerprint density at radius 2 is 1.79 bits per heavy atom. The third-order valence-corrected chi connectivity index (χ3v) is 4.25. The van der Waals surface area contributed by atoms with Gasteiger partial charge in [-0.3, -0.25) is 4.79 Å². The van der Waals surface area contributed by atoms with Gasteiger partial charge in [0.25, 0.3) is 0 Å². The molecule has 1 rings (SSSR count). The highest BCUT2D eigenvalue weighted by molar-refractivity contribution is 5.82. The molecule has 0 heterocycles. The molecule has 0 atom stereocenters. The molecule has 1 aliphatic carbocycles. The van der Waals surface area contributed by atoms with Crippen molar-refractivity contribution in [2.24, 2.45) is 11.1 Å². The van der Waals surface area contributed by atoms with E-state index in [1.54, 1.807) is 0 Å². The standard InChI is InChI=1S/C15H31N3O/c1-18(2)12-8-7-11-17-14(19)15(13-16)9-5-3-4-6-10-15/h3-13,16H2,1-2H3,(H,17,19). The largest absolute Gasteiger partial charge is 0.356 e. The van der Waals surface area contributed by atoms with Crippen molar-refractivity contribution in [2.75, 3.05) is 33.7 Å². The lowest BCUT2D eigenvalue weighted by atomic mass is 9.79. The van der Waals surface area contributed by atoms with E-state index in [-0.39, 0.29) is 11.3 Å². The number of amides is 1. The SMILES string of the molecule is CN(C)CCCCNC(=O)C1(CN)CCCCCC1. The summed E-state index contributed by atoms with van der Waals surface area (Å²) >= 11 is 0. The first-order valence-corrected chi connectivity index (χ1v) is 7.74. The van der Waals surface area contributed by atoms with Crippen LogP contribution in [0.1, 0.15) is 51.4 Å². The normalized spacial score (nSPS) is 19.2. The predicted molar refractivity (Wildman–Crippen MR) is 80.0 cm³/mol. The number of nitrogens with one attached hydrogen (secondary N) is 1. The average Bonchev–Trinajstić information content (AvgIpc) is 2.64. The van der Waals surface area contributed by atoms with Crippen molar-refractivity contribution in [2.45, 2.75) is 51.4 Å². The van der Waals surface area contributed by atoms with Gasteiger partial charge in [-0.2, -0.15) is 0 Å². The summed E-state index contributed by atoms with van der Waals surface area (Å²) < 4.78 is 0. The summed E-state index contributed by atoms with van der Waals surface area (Å²) in [6.45, 7) is 2.36. The van der Waals surface area contributed by atoms with E-state index >= 15 is 0 Å². The van der Waals surface area contributed by atoms with Gasteiger partial charge in [-0.15, -0.1) is 0 Å². The van der Waals surface area contributed by atoms with E-state index < -0.39 is 0 Å². The highest BCUT2D eigenvalue weighted by atomic mass is 16.2. The Labute approximate surface area is 118 Å². The molecule has 112 valence electrons. The van der Waals surface area contributed by atoms with Crippen LogP contribution in [0.25, 0.3) is 0 Å². The second-order valence-corrected chi connectivity index (χ2v) is 6.16. The van der Waals surface area contributed by atoms with Crippen LogP contribution in [0.15, 0.2) is 0 Å². The van der Waals surface area contributed by atoms with E-state index in [4.69, 9.17) is 5.73 Å². The van der Waals surface area contributed by atoms with E-state index in [9.17, 15) is 4.79 Å². The molecule has 0 spiro atoms. The maximum absolute atomic E-state index is 12.4. The zero-order chi connectivity index (χ0) is 14.1. The maximum atomic E-state index is 12.4. The maximum Gasteiger partial charge on any atom is 0.227 e.